The van der Waals surface area contributed by atoms with Gasteiger partial charge in [0.05, 0.1) is 5.69 Å². The van der Waals surface area contributed by atoms with E-state index in [-0.39, 0.29) is 5.91 Å². The molecule has 0 saturated carbocycles. The van der Waals surface area contributed by atoms with Crippen molar-refractivity contribution in [2.24, 2.45) is 0 Å². The summed E-state index contributed by atoms with van der Waals surface area (Å²) in [4.78, 5) is 23.3. The lowest BCUT2D eigenvalue weighted by atomic mass is 10.1. The van der Waals surface area contributed by atoms with Gasteiger partial charge in [0, 0.05) is 41.2 Å². The number of H-pyrrole nitrogens is 1. The summed E-state index contributed by atoms with van der Waals surface area (Å²) in [6.07, 6.45) is 3.76. The van der Waals surface area contributed by atoms with Crippen molar-refractivity contribution in [1.82, 2.24) is 15.0 Å². The first kappa shape index (κ1) is 14.6. The first-order chi connectivity index (χ1) is 11.7. The van der Waals surface area contributed by atoms with Crippen LogP contribution in [0.2, 0.25) is 0 Å². The molecule has 118 valence electrons. The number of carbonyl (C=O) groups excluding carboxylic acids is 1. The number of fused-ring (bicyclic) bond motifs is 1. The zero-order chi connectivity index (χ0) is 16.5. The Morgan fingerprint density at radius 1 is 1.21 bits per heavy atom. The summed E-state index contributed by atoms with van der Waals surface area (Å²) in [6.45, 7) is 1.48. The maximum atomic E-state index is 11.2. The molecule has 0 radical (unpaired) electrons. The fraction of sp³-hybridized carbons (Fsp3) is 0.0556. The predicted octanol–water partition coefficient (Wildman–Crippen LogP) is 4.31. The number of rotatable bonds is 3. The van der Waals surface area contributed by atoms with Crippen LogP contribution in [0.15, 0.2) is 54.2 Å². The zero-order valence-electron chi connectivity index (χ0n) is 12.9. The average Bonchev–Trinajstić information content (AvgIpc) is 3.21. The Morgan fingerprint density at radius 3 is 2.83 bits per heavy atom. The summed E-state index contributed by atoms with van der Waals surface area (Å²) in [5, 5.41) is 6.26. The minimum Gasteiger partial charge on any atom is -0.345 e. The first-order valence-corrected chi connectivity index (χ1v) is 8.35. The molecule has 0 saturated heterocycles. The van der Waals surface area contributed by atoms with Crippen LogP contribution in [0.1, 0.15) is 6.92 Å². The van der Waals surface area contributed by atoms with Gasteiger partial charge in [-0.3, -0.25) is 4.79 Å². The largest absolute Gasteiger partial charge is 0.345 e. The van der Waals surface area contributed by atoms with Crippen LogP contribution in [0.5, 0.6) is 0 Å². The Balaban J connectivity index is 1.79. The molecular weight excluding hydrogens is 320 g/mol. The molecule has 5 nitrogen and oxygen atoms in total. The van der Waals surface area contributed by atoms with Crippen molar-refractivity contribution >= 4 is 33.4 Å². The summed E-state index contributed by atoms with van der Waals surface area (Å²) in [6, 6.07) is 12.3. The molecule has 1 amide bonds. The van der Waals surface area contributed by atoms with Crippen LogP contribution in [-0.4, -0.2) is 20.9 Å². The predicted molar refractivity (Wildman–Crippen MR) is 96.9 cm³/mol. The van der Waals surface area contributed by atoms with E-state index in [0.717, 1.165) is 33.4 Å². The molecular formula is C18H14N4OS. The molecule has 0 atom stereocenters. The lowest BCUT2D eigenvalue weighted by Gasteiger charge is -2.02. The van der Waals surface area contributed by atoms with E-state index in [1.165, 1.54) is 18.3 Å². The number of hydrogen-bond donors (Lipinski definition) is 2. The van der Waals surface area contributed by atoms with Crippen LogP contribution < -0.4 is 5.32 Å². The number of anilines is 1. The number of nitrogens with one attached hydrogen (secondary N) is 2. The SMILES string of the molecule is CC(=O)Nc1nc(-c2c[nH]c3ncc(-c4ccccc4)cc23)cs1. The van der Waals surface area contributed by atoms with Gasteiger partial charge in [0.2, 0.25) is 5.91 Å². The van der Waals surface area contributed by atoms with Crippen molar-refractivity contribution in [2.75, 3.05) is 5.32 Å². The number of carbonyl (C=O) groups is 1. The number of nitrogens with zero attached hydrogens (tertiary/aromatic N) is 2. The van der Waals surface area contributed by atoms with E-state index in [0.29, 0.717) is 5.13 Å². The summed E-state index contributed by atoms with van der Waals surface area (Å²) < 4.78 is 0. The quantitative estimate of drug-likeness (QED) is 0.586. The second-order valence-electron chi connectivity index (χ2n) is 5.41. The van der Waals surface area contributed by atoms with Gasteiger partial charge in [-0.1, -0.05) is 30.3 Å². The van der Waals surface area contributed by atoms with Gasteiger partial charge < -0.3 is 10.3 Å². The Bertz CT molecular complexity index is 1020. The highest BCUT2D eigenvalue weighted by atomic mass is 32.1. The van der Waals surface area contributed by atoms with Gasteiger partial charge in [0.25, 0.3) is 0 Å². The monoisotopic (exact) mass is 334 g/mol. The standard InChI is InChI=1S/C18H14N4OS/c1-11(23)21-18-22-16(10-24-18)15-9-20-17-14(15)7-13(8-19-17)12-5-3-2-4-6-12/h2-10H,1H3,(H,19,20)(H,21,22,23). The molecule has 0 unspecified atom stereocenters. The second kappa shape index (κ2) is 5.90. The van der Waals surface area contributed by atoms with Crippen LogP contribution in [0, 0.1) is 0 Å². The van der Waals surface area contributed by atoms with Gasteiger partial charge in [-0.2, -0.15) is 0 Å². The van der Waals surface area contributed by atoms with E-state index < -0.39 is 0 Å². The minimum atomic E-state index is -0.122. The van der Waals surface area contributed by atoms with Gasteiger partial charge in [-0.15, -0.1) is 11.3 Å². The van der Waals surface area contributed by atoms with Gasteiger partial charge in [-0.25, -0.2) is 9.97 Å². The average molecular weight is 334 g/mol. The molecule has 0 aliphatic rings. The number of pyridine rings is 1. The molecule has 3 heterocycles. The Morgan fingerprint density at radius 2 is 2.04 bits per heavy atom. The highest BCUT2D eigenvalue weighted by Crippen LogP contribution is 2.32. The first-order valence-electron chi connectivity index (χ1n) is 7.47. The topological polar surface area (TPSA) is 70.7 Å². The van der Waals surface area contributed by atoms with Crippen molar-refractivity contribution in [3.05, 3.63) is 54.2 Å². The molecule has 0 fully saturated rings. The van der Waals surface area contributed by atoms with Gasteiger partial charge in [0.1, 0.15) is 5.65 Å². The second-order valence-corrected chi connectivity index (χ2v) is 6.27. The summed E-state index contributed by atoms with van der Waals surface area (Å²) in [5.74, 6) is -0.122. The Labute approximate surface area is 142 Å². The molecule has 0 aliphatic carbocycles. The number of aromatic nitrogens is 3. The smallest absolute Gasteiger partial charge is 0.223 e. The van der Waals surface area contributed by atoms with Crippen LogP contribution in [0.4, 0.5) is 5.13 Å². The van der Waals surface area contributed by atoms with Crippen molar-refractivity contribution in [1.29, 1.82) is 0 Å². The molecule has 2 N–H and O–H groups in total. The van der Waals surface area contributed by atoms with E-state index in [1.54, 1.807) is 0 Å². The van der Waals surface area contributed by atoms with Gasteiger partial charge in [0.15, 0.2) is 5.13 Å². The maximum Gasteiger partial charge on any atom is 0.223 e. The zero-order valence-corrected chi connectivity index (χ0v) is 13.7. The summed E-state index contributed by atoms with van der Waals surface area (Å²) >= 11 is 1.41. The Kier molecular flexibility index (Phi) is 3.59. The lowest BCUT2D eigenvalue weighted by Crippen LogP contribution is -2.04. The van der Waals surface area contributed by atoms with E-state index >= 15 is 0 Å². The molecule has 0 bridgehead atoms. The summed E-state index contributed by atoms with van der Waals surface area (Å²) in [5.41, 5.74) is 4.79. The molecule has 4 aromatic rings. The van der Waals surface area contributed by atoms with Crippen molar-refractivity contribution in [3.63, 3.8) is 0 Å². The third-order valence-corrected chi connectivity index (χ3v) is 4.46. The van der Waals surface area contributed by atoms with Crippen molar-refractivity contribution in [3.8, 4) is 22.4 Å². The van der Waals surface area contributed by atoms with Crippen molar-refractivity contribution in [2.45, 2.75) is 6.92 Å². The highest BCUT2D eigenvalue weighted by Gasteiger charge is 2.12. The molecule has 1 aromatic carbocycles. The number of amides is 1. The van der Waals surface area contributed by atoms with Gasteiger partial charge in [-0.05, 0) is 11.6 Å². The number of hydrogen-bond acceptors (Lipinski definition) is 4. The molecule has 0 aliphatic heterocycles. The van der Waals surface area contributed by atoms with E-state index in [4.69, 9.17) is 0 Å². The van der Waals surface area contributed by atoms with Crippen LogP contribution in [0.3, 0.4) is 0 Å². The van der Waals surface area contributed by atoms with Crippen LogP contribution in [-0.2, 0) is 4.79 Å². The lowest BCUT2D eigenvalue weighted by molar-refractivity contribution is -0.114. The summed E-state index contributed by atoms with van der Waals surface area (Å²) in [7, 11) is 0. The fourth-order valence-electron chi connectivity index (χ4n) is 2.61. The van der Waals surface area contributed by atoms with Crippen LogP contribution >= 0.6 is 11.3 Å². The highest BCUT2D eigenvalue weighted by molar-refractivity contribution is 7.14. The normalized spacial score (nSPS) is 10.9. The number of thiazole rings is 1. The van der Waals surface area contributed by atoms with Crippen LogP contribution in [0.25, 0.3) is 33.4 Å². The number of benzene rings is 1. The molecule has 4 rings (SSSR count). The third-order valence-electron chi connectivity index (χ3n) is 3.70. The molecule has 24 heavy (non-hydrogen) atoms. The molecule has 6 heteroatoms. The molecule has 3 aromatic heterocycles. The Hall–Kier alpha value is -2.99. The fourth-order valence-corrected chi connectivity index (χ4v) is 3.37. The van der Waals surface area contributed by atoms with Gasteiger partial charge >= 0.3 is 0 Å². The minimum absolute atomic E-state index is 0.122. The van der Waals surface area contributed by atoms with E-state index in [1.807, 2.05) is 36.0 Å². The van der Waals surface area contributed by atoms with E-state index in [9.17, 15) is 4.79 Å². The van der Waals surface area contributed by atoms with E-state index in [2.05, 4.69) is 38.5 Å². The third kappa shape index (κ3) is 2.68. The maximum absolute atomic E-state index is 11.2. The van der Waals surface area contributed by atoms with Crippen molar-refractivity contribution < 1.29 is 4.79 Å². The molecule has 0 spiro atoms. The number of aromatic amines is 1.